The fourth-order valence-electron chi connectivity index (χ4n) is 1.43. The second kappa shape index (κ2) is 4.11. The fraction of sp³-hybridized carbons (Fsp3) is 0.333. The number of fused-ring (bicyclic) bond motifs is 1. The molecule has 0 spiro atoms. The number of thiophene rings is 1. The van der Waals surface area contributed by atoms with Gasteiger partial charge in [-0.1, -0.05) is 32.0 Å². The zero-order valence-corrected chi connectivity index (χ0v) is 9.40. The summed E-state index contributed by atoms with van der Waals surface area (Å²) in [5.74, 6) is 0. The highest BCUT2D eigenvalue weighted by Gasteiger charge is 2.00. The van der Waals surface area contributed by atoms with Crippen molar-refractivity contribution < 1.29 is 0 Å². The first kappa shape index (κ1) is 9.69. The summed E-state index contributed by atoms with van der Waals surface area (Å²) in [6, 6.07) is 11.4. The molecule has 1 N–H and O–H groups in total. The lowest BCUT2D eigenvalue weighted by atomic mass is 10.2. The van der Waals surface area contributed by atoms with Crippen molar-refractivity contribution >= 4 is 21.4 Å². The first-order valence-corrected chi connectivity index (χ1v) is 5.78. The molecule has 1 aromatic carbocycles. The number of nitrogens with one attached hydrogen (secondary N) is 1. The summed E-state index contributed by atoms with van der Waals surface area (Å²) in [6.07, 6.45) is 0. The average molecular weight is 205 g/mol. The van der Waals surface area contributed by atoms with Crippen LogP contribution in [0.3, 0.4) is 0 Å². The van der Waals surface area contributed by atoms with E-state index in [1.807, 2.05) is 11.3 Å². The molecule has 0 saturated heterocycles. The van der Waals surface area contributed by atoms with Crippen LogP contribution in [0.1, 0.15) is 18.7 Å². The Morgan fingerprint density at radius 1 is 1.29 bits per heavy atom. The van der Waals surface area contributed by atoms with Gasteiger partial charge in [0.25, 0.3) is 0 Å². The molecule has 0 aliphatic rings. The van der Waals surface area contributed by atoms with Crippen LogP contribution in [-0.2, 0) is 6.54 Å². The summed E-state index contributed by atoms with van der Waals surface area (Å²) < 4.78 is 1.38. The predicted molar refractivity (Wildman–Crippen MR) is 63.8 cm³/mol. The lowest BCUT2D eigenvalue weighted by molar-refractivity contribution is 0.593. The maximum Gasteiger partial charge on any atom is 0.0346 e. The topological polar surface area (TPSA) is 12.0 Å². The lowest BCUT2D eigenvalue weighted by Crippen LogP contribution is -2.21. The van der Waals surface area contributed by atoms with E-state index in [0.717, 1.165) is 6.54 Å². The molecule has 0 saturated carbocycles. The van der Waals surface area contributed by atoms with Gasteiger partial charge in [0.1, 0.15) is 0 Å². The molecular weight excluding hydrogens is 190 g/mol. The minimum atomic E-state index is 0.556. The Kier molecular flexibility index (Phi) is 2.85. The second-order valence-electron chi connectivity index (χ2n) is 3.79. The van der Waals surface area contributed by atoms with E-state index < -0.39 is 0 Å². The van der Waals surface area contributed by atoms with Crippen molar-refractivity contribution in [1.29, 1.82) is 0 Å². The van der Waals surface area contributed by atoms with Gasteiger partial charge in [0, 0.05) is 22.2 Å². The summed E-state index contributed by atoms with van der Waals surface area (Å²) in [6.45, 7) is 5.33. The molecular formula is C12H15NS. The molecule has 2 heteroatoms. The highest BCUT2D eigenvalue weighted by molar-refractivity contribution is 7.19. The van der Waals surface area contributed by atoms with Crippen LogP contribution < -0.4 is 5.32 Å². The standard InChI is InChI=1S/C12H15NS/c1-9(2)13-8-11-7-10-5-3-4-6-12(10)14-11/h3-7,9,13H,8H2,1-2H3. The van der Waals surface area contributed by atoms with E-state index in [2.05, 4.69) is 49.5 Å². The lowest BCUT2D eigenvalue weighted by Gasteiger charge is -2.04. The van der Waals surface area contributed by atoms with Gasteiger partial charge in [0.2, 0.25) is 0 Å². The summed E-state index contributed by atoms with van der Waals surface area (Å²) in [7, 11) is 0. The first-order valence-electron chi connectivity index (χ1n) is 4.96. The van der Waals surface area contributed by atoms with E-state index >= 15 is 0 Å². The molecule has 2 rings (SSSR count). The third kappa shape index (κ3) is 2.14. The molecule has 0 amide bonds. The number of hydrogen-bond donors (Lipinski definition) is 1. The van der Waals surface area contributed by atoms with Crippen LogP contribution in [0, 0.1) is 0 Å². The normalized spacial score (nSPS) is 11.4. The molecule has 2 aromatic rings. The quantitative estimate of drug-likeness (QED) is 0.809. The maximum atomic E-state index is 3.43. The Hall–Kier alpha value is -0.860. The molecule has 1 aromatic heterocycles. The van der Waals surface area contributed by atoms with Crippen molar-refractivity contribution in [3.8, 4) is 0 Å². The smallest absolute Gasteiger partial charge is 0.0346 e. The minimum absolute atomic E-state index is 0.556. The third-order valence-electron chi connectivity index (χ3n) is 2.16. The Morgan fingerprint density at radius 3 is 2.79 bits per heavy atom. The van der Waals surface area contributed by atoms with E-state index in [0.29, 0.717) is 6.04 Å². The molecule has 14 heavy (non-hydrogen) atoms. The SMILES string of the molecule is CC(C)NCc1cc2ccccc2s1. The molecule has 0 aliphatic heterocycles. The van der Waals surface area contributed by atoms with Crippen LogP contribution in [0.15, 0.2) is 30.3 Å². The minimum Gasteiger partial charge on any atom is -0.310 e. The fourth-order valence-corrected chi connectivity index (χ4v) is 2.44. The van der Waals surface area contributed by atoms with E-state index in [1.54, 1.807) is 0 Å². The molecule has 0 radical (unpaired) electrons. The average Bonchev–Trinajstić information content (AvgIpc) is 2.57. The van der Waals surface area contributed by atoms with Crippen LogP contribution >= 0.6 is 11.3 Å². The molecule has 0 unspecified atom stereocenters. The van der Waals surface area contributed by atoms with Crippen LogP contribution in [0.2, 0.25) is 0 Å². The van der Waals surface area contributed by atoms with Crippen LogP contribution in [0.4, 0.5) is 0 Å². The van der Waals surface area contributed by atoms with E-state index in [4.69, 9.17) is 0 Å². The van der Waals surface area contributed by atoms with Crippen molar-refractivity contribution in [3.05, 3.63) is 35.2 Å². The van der Waals surface area contributed by atoms with Gasteiger partial charge < -0.3 is 5.32 Å². The van der Waals surface area contributed by atoms with Gasteiger partial charge in [-0.05, 0) is 17.5 Å². The molecule has 0 aliphatic carbocycles. The van der Waals surface area contributed by atoms with E-state index in [9.17, 15) is 0 Å². The molecule has 0 atom stereocenters. The molecule has 1 heterocycles. The van der Waals surface area contributed by atoms with Crippen LogP contribution in [0.5, 0.6) is 0 Å². The van der Waals surface area contributed by atoms with Gasteiger partial charge in [-0.25, -0.2) is 0 Å². The van der Waals surface area contributed by atoms with Crippen molar-refractivity contribution in [1.82, 2.24) is 5.32 Å². The van der Waals surface area contributed by atoms with E-state index in [1.165, 1.54) is 15.0 Å². The second-order valence-corrected chi connectivity index (χ2v) is 4.95. The van der Waals surface area contributed by atoms with Crippen molar-refractivity contribution in [3.63, 3.8) is 0 Å². The monoisotopic (exact) mass is 205 g/mol. The van der Waals surface area contributed by atoms with E-state index in [-0.39, 0.29) is 0 Å². The highest BCUT2D eigenvalue weighted by atomic mass is 32.1. The predicted octanol–water partition coefficient (Wildman–Crippen LogP) is 3.40. The number of hydrogen-bond acceptors (Lipinski definition) is 2. The van der Waals surface area contributed by atoms with Gasteiger partial charge in [0.15, 0.2) is 0 Å². The maximum absolute atomic E-state index is 3.43. The summed E-state index contributed by atoms with van der Waals surface area (Å²) >= 11 is 1.88. The Balaban J connectivity index is 2.19. The first-order chi connectivity index (χ1) is 6.75. The molecule has 0 fully saturated rings. The van der Waals surface area contributed by atoms with Crippen molar-refractivity contribution in [2.24, 2.45) is 0 Å². The van der Waals surface area contributed by atoms with Gasteiger partial charge in [-0.2, -0.15) is 0 Å². The van der Waals surface area contributed by atoms with Gasteiger partial charge in [-0.3, -0.25) is 0 Å². The molecule has 74 valence electrons. The number of rotatable bonds is 3. The number of benzene rings is 1. The van der Waals surface area contributed by atoms with Crippen LogP contribution in [-0.4, -0.2) is 6.04 Å². The van der Waals surface area contributed by atoms with Gasteiger partial charge in [-0.15, -0.1) is 11.3 Å². The summed E-state index contributed by atoms with van der Waals surface area (Å²) in [5.41, 5.74) is 0. The van der Waals surface area contributed by atoms with Crippen LogP contribution in [0.25, 0.3) is 10.1 Å². The Morgan fingerprint density at radius 2 is 2.07 bits per heavy atom. The largest absolute Gasteiger partial charge is 0.310 e. The Bertz CT molecular complexity index is 384. The zero-order valence-electron chi connectivity index (χ0n) is 8.58. The molecule has 1 nitrogen and oxygen atoms in total. The van der Waals surface area contributed by atoms with Gasteiger partial charge >= 0.3 is 0 Å². The third-order valence-corrected chi connectivity index (χ3v) is 3.28. The zero-order chi connectivity index (χ0) is 9.97. The Labute approximate surface area is 88.8 Å². The summed E-state index contributed by atoms with van der Waals surface area (Å²) in [5, 5.41) is 4.79. The van der Waals surface area contributed by atoms with Gasteiger partial charge in [0.05, 0.1) is 0 Å². The van der Waals surface area contributed by atoms with Crippen molar-refractivity contribution in [2.75, 3.05) is 0 Å². The molecule has 0 bridgehead atoms. The van der Waals surface area contributed by atoms with Crippen molar-refractivity contribution in [2.45, 2.75) is 26.4 Å². The highest BCUT2D eigenvalue weighted by Crippen LogP contribution is 2.24. The summed E-state index contributed by atoms with van der Waals surface area (Å²) in [4.78, 5) is 1.42.